The van der Waals surface area contributed by atoms with Gasteiger partial charge in [-0.1, -0.05) is 11.6 Å². The van der Waals surface area contributed by atoms with E-state index >= 15 is 0 Å². The minimum atomic E-state index is -0.591. The molecule has 0 aliphatic carbocycles. The van der Waals surface area contributed by atoms with E-state index in [1.807, 2.05) is 12.1 Å². The molecule has 2 aromatic rings. The molecule has 8 heteroatoms. The van der Waals surface area contributed by atoms with Crippen molar-refractivity contribution in [2.24, 2.45) is 0 Å². The van der Waals surface area contributed by atoms with Crippen LogP contribution in [0, 0.1) is 10.1 Å². The number of amides is 1. The number of ketones is 1. The number of nitro benzene ring substituents is 1. The molecule has 0 radical (unpaired) electrons. The van der Waals surface area contributed by atoms with Crippen LogP contribution in [0.25, 0.3) is 0 Å². The number of carbonyl (C=O) groups is 2. The van der Waals surface area contributed by atoms with E-state index in [-0.39, 0.29) is 28.0 Å². The summed E-state index contributed by atoms with van der Waals surface area (Å²) in [5.74, 6) is -0.355. The number of rotatable bonds is 4. The Bertz CT molecular complexity index is 890. The van der Waals surface area contributed by atoms with Gasteiger partial charge in [-0.15, -0.1) is 0 Å². The molecule has 27 heavy (non-hydrogen) atoms. The molecule has 0 atom stereocenters. The predicted octanol–water partition coefficient (Wildman–Crippen LogP) is 3.41. The first-order valence-corrected chi connectivity index (χ1v) is 8.84. The topological polar surface area (TPSA) is 83.8 Å². The maximum Gasteiger partial charge on any atom is 0.283 e. The first kappa shape index (κ1) is 18.8. The molecule has 7 nitrogen and oxygen atoms in total. The first-order chi connectivity index (χ1) is 12.9. The standard InChI is InChI=1S/C19H18ClN3O4/c1-13(24)14-2-5-16(6-3-14)21-8-10-22(11-9-21)19(25)17-7-4-15(20)12-18(17)23(26)27/h2-7,12H,8-11H2,1H3. The molecule has 0 bridgehead atoms. The van der Waals surface area contributed by atoms with Crippen molar-refractivity contribution in [1.29, 1.82) is 0 Å². The molecule has 1 heterocycles. The summed E-state index contributed by atoms with van der Waals surface area (Å²) in [6, 6.07) is 11.4. The number of carbonyl (C=O) groups excluding carboxylic acids is 2. The van der Waals surface area contributed by atoms with Crippen LogP contribution < -0.4 is 4.90 Å². The Morgan fingerprint density at radius 2 is 1.67 bits per heavy atom. The zero-order chi connectivity index (χ0) is 19.6. The third kappa shape index (κ3) is 4.09. The van der Waals surface area contributed by atoms with Gasteiger partial charge >= 0.3 is 0 Å². The van der Waals surface area contributed by atoms with Crippen LogP contribution in [0.3, 0.4) is 0 Å². The van der Waals surface area contributed by atoms with Gasteiger partial charge in [0.2, 0.25) is 0 Å². The molecule has 0 aromatic heterocycles. The van der Waals surface area contributed by atoms with Gasteiger partial charge in [0.15, 0.2) is 5.78 Å². The summed E-state index contributed by atoms with van der Waals surface area (Å²) in [6.07, 6.45) is 0. The van der Waals surface area contributed by atoms with E-state index in [9.17, 15) is 19.7 Å². The molecule has 140 valence electrons. The van der Waals surface area contributed by atoms with Crippen molar-refractivity contribution < 1.29 is 14.5 Å². The zero-order valence-corrected chi connectivity index (χ0v) is 15.5. The number of nitrogens with zero attached hydrogens (tertiary/aromatic N) is 3. The number of benzene rings is 2. The maximum absolute atomic E-state index is 12.7. The minimum absolute atomic E-state index is 0.0153. The van der Waals surface area contributed by atoms with Crippen molar-refractivity contribution in [3.8, 4) is 0 Å². The molecule has 0 N–H and O–H groups in total. The van der Waals surface area contributed by atoms with E-state index in [0.29, 0.717) is 31.7 Å². The molecule has 1 saturated heterocycles. The van der Waals surface area contributed by atoms with Crippen LogP contribution in [0.5, 0.6) is 0 Å². The summed E-state index contributed by atoms with van der Waals surface area (Å²) in [7, 11) is 0. The Morgan fingerprint density at radius 3 is 2.22 bits per heavy atom. The lowest BCUT2D eigenvalue weighted by Gasteiger charge is -2.36. The lowest BCUT2D eigenvalue weighted by atomic mass is 10.1. The average Bonchev–Trinajstić information content (AvgIpc) is 2.67. The van der Waals surface area contributed by atoms with Crippen LogP contribution in [0.2, 0.25) is 5.02 Å². The van der Waals surface area contributed by atoms with E-state index in [1.165, 1.54) is 25.1 Å². The SMILES string of the molecule is CC(=O)c1ccc(N2CCN(C(=O)c3ccc(Cl)cc3[N+](=O)[O-])CC2)cc1. The van der Waals surface area contributed by atoms with Crippen LogP contribution in [-0.4, -0.2) is 47.7 Å². The second-order valence-corrected chi connectivity index (χ2v) is 6.74. The highest BCUT2D eigenvalue weighted by atomic mass is 35.5. The molecule has 0 spiro atoms. The molecule has 0 saturated carbocycles. The molecule has 0 unspecified atom stereocenters. The van der Waals surface area contributed by atoms with E-state index in [0.717, 1.165) is 5.69 Å². The summed E-state index contributed by atoms with van der Waals surface area (Å²) in [5, 5.41) is 11.4. The first-order valence-electron chi connectivity index (χ1n) is 8.46. The van der Waals surface area contributed by atoms with Crippen LogP contribution in [0.4, 0.5) is 11.4 Å². The van der Waals surface area contributed by atoms with Gasteiger partial charge in [0.25, 0.3) is 11.6 Å². The molecular formula is C19H18ClN3O4. The van der Waals surface area contributed by atoms with Gasteiger partial charge in [0.1, 0.15) is 5.56 Å². The highest BCUT2D eigenvalue weighted by Gasteiger charge is 2.27. The highest BCUT2D eigenvalue weighted by Crippen LogP contribution is 2.25. The summed E-state index contributed by atoms with van der Waals surface area (Å²) >= 11 is 5.81. The van der Waals surface area contributed by atoms with Crippen LogP contribution in [-0.2, 0) is 0 Å². The van der Waals surface area contributed by atoms with Gasteiger partial charge in [-0.05, 0) is 43.3 Å². The van der Waals surface area contributed by atoms with E-state index in [4.69, 9.17) is 11.6 Å². The lowest BCUT2D eigenvalue weighted by molar-refractivity contribution is -0.385. The number of anilines is 1. The van der Waals surface area contributed by atoms with Gasteiger partial charge in [-0.2, -0.15) is 0 Å². The monoisotopic (exact) mass is 387 g/mol. The third-order valence-corrected chi connectivity index (χ3v) is 4.83. The number of piperazine rings is 1. The van der Waals surface area contributed by atoms with Crippen molar-refractivity contribution in [3.63, 3.8) is 0 Å². The maximum atomic E-state index is 12.7. The Balaban J connectivity index is 1.69. The van der Waals surface area contributed by atoms with Gasteiger partial charge in [0.05, 0.1) is 4.92 Å². The summed E-state index contributed by atoms with van der Waals surface area (Å²) in [4.78, 5) is 38.4. The Kier molecular flexibility index (Phi) is 5.41. The Labute approximate surface area is 161 Å². The zero-order valence-electron chi connectivity index (χ0n) is 14.7. The van der Waals surface area contributed by atoms with Crippen LogP contribution in [0.15, 0.2) is 42.5 Å². The highest BCUT2D eigenvalue weighted by molar-refractivity contribution is 6.31. The number of hydrogen-bond acceptors (Lipinski definition) is 5. The molecule has 1 amide bonds. The van der Waals surface area contributed by atoms with Crippen molar-refractivity contribution in [2.75, 3.05) is 31.1 Å². The number of nitro groups is 1. The molecular weight excluding hydrogens is 370 g/mol. The number of hydrogen-bond donors (Lipinski definition) is 0. The molecule has 3 rings (SSSR count). The largest absolute Gasteiger partial charge is 0.368 e. The van der Waals surface area contributed by atoms with Gasteiger partial charge in [0, 0.05) is 48.5 Å². The van der Waals surface area contributed by atoms with Gasteiger partial charge in [-0.25, -0.2) is 0 Å². The normalized spacial score (nSPS) is 14.1. The second kappa shape index (κ2) is 7.75. The van der Waals surface area contributed by atoms with Crippen LogP contribution in [0.1, 0.15) is 27.6 Å². The van der Waals surface area contributed by atoms with Crippen LogP contribution >= 0.6 is 11.6 Å². The second-order valence-electron chi connectivity index (χ2n) is 6.30. The predicted molar refractivity (Wildman–Crippen MR) is 103 cm³/mol. The molecule has 1 fully saturated rings. The fourth-order valence-electron chi connectivity index (χ4n) is 3.08. The summed E-state index contributed by atoms with van der Waals surface area (Å²) in [5.41, 5.74) is 1.39. The molecule has 1 aliphatic heterocycles. The lowest BCUT2D eigenvalue weighted by Crippen LogP contribution is -2.48. The smallest absolute Gasteiger partial charge is 0.283 e. The van der Waals surface area contributed by atoms with E-state index in [2.05, 4.69) is 4.90 Å². The van der Waals surface area contributed by atoms with Crippen molar-refractivity contribution in [3.05, 3.63) is 68.7 Å². The number of Topliss-reactive ketones (excluding diaryl/α,β-unsaturated/α-hetero) is 1. The van der Waals surface area contributed by atoms with E-state index < -0.39 is 4.92 Å². The average molecular weight is 388 g/mol. The van der Waals surface area contributed by atoms with Crippen molar-refractivity contribution in [2.45, 2.75) is 6.92 Å². The quantitative estimate of drug-likeness (QED) is 0.456. The summed E-state index contributed by atoms with van der Waals surface area (Å²) < 4.78 is 0. The van der Waals surface area contributed by atoms with E-state index in [1.54, 1.807) is 17.0 Å². The Morgan fingerprint density at radius 1 is 1.04 bits per heavy atom. The third-order valence-electron chi connectivity index (χ3n) is 4.59. The minimum Gasteiger partial charge on any atom is -0.368 e. The Hall–Kier alpha value is -2.93. The van der Waals surface area contributed by atoms with Crippen molar-refractivity contribution >= 4 is 34.7 Å². The fraction of sp³-hybridized carbons (Fsp3) is 0.263. The molecule has 1 aliphatic rings. The van der Waals surface area contributed by atoms with Crippen molar-refractivity contribution in [1.82, 2.24) is 4.90 Å². The fourth-order valence-corrected chi connectivity index (χ4v) is 3.25. The summed E-state index contributed by atoms with van der Waals surface area (Å²) in [6.45, 7) is 3.63. The van der Waals surface area contributed by atoms with Gasteiger partial charge in [-0.3, -0.25) is 19.7 Å². The van der Waals surface area contributed by atoms with Gasteiger partial charge < -0.3 is 9.80 Å². The number of halogens is 1. The molecule has 2 aromatic carbocycles.